The third-order valence-corrected chi connectivity index (χ3v) is 2.76. The summed E-state index contributed by atoms with van der Waals surface area (Å²) in [4.78, 5) is 8.28. The number of hydrogen-bond donors (Lipinski definition) is 2. The van der Waals surface area contributed by atoms with Gasteiger partial charge in [0.1, 0.15) is 5.82 Å². The van der Waals surface area contributed by atoms with Crippen LogP contribution < -0.4 is 11.1 Å². The molecule has 18 heavy (non-hydrogen) atoms. The van der Waals surface area contributed by atoms with Gasteiger partial charge in [-0.15, -0.1) is 0 Å². The maximum absolute atomic E-state index is 5.61. The first-order valence-electron chi connectivity index (χ1n) is 5.70. The average molecular weight is 240 g/mol. The Hall–Kier alpha value is -2.36. The molecule has 0 fully saturated rings. The van der Waals surface area contributed by atoms with Crippen molar-refractivity contribution >= 4 is 28.4 Å². The Morgan fingerprint density at radius 2 is 2.17 bits per heavy atom. The highest BCUT2D eigenvalue weighted by Crippen LogP contribution is 2.21. The van der Waals surface area contributed by atoms with E-state index in [2.05, 4.69) is 21.4 Å². The molecule has 0 aliphatic rings. The number of rotatable bonds is 3. The van der Waals surface area contributed by atoms with Crippen LogP contribution in [0.15, 0.2) is 41.7 Å². The van der Waals surface area contributed by atoms with Gasteiger partial charge >= 0.3 is 0 Å². The normalized spacial score (nSPS) is 12.2. The van der Waals surface area contributed by atoms with Gasteiger partial charge in [0, 0.05) is 43.7 Å². The van der Waals surface area contributed by atoms with E-state index in [1.165, 1.54) is 0 Å². The molecule has 0 aliphatic heterocycles. The molecule has 0 radical (unpaired) electrons. The summed E-state index contributed by atoms with van der Waals surface area (Å²) in [5.41, 5.74) is 7.56. The van der Waals surface area contributed by atoms with Gasteiger partial charge in [-0.1, -0.05) is 12.1 Å². The Kier molecular flexibility index (Phi) is 3.57. The summed E-state index contributed by atoms with van der Waals surface area (Å²) in [6.45, 7) is 0. The Balaban J connectivity index is 2.54. The molecule has 1 aromatic heterocycles. The molecule has 0 spiro atoms. The summed E-state index contributed by atoms with van der Waals surface area (Å²) in [7, 11) is 3.58. The molecule has 3 N–H and O–H groups in total. The number of nitrogens with zero attached hydrogens (tertiary/aromatic N) is 2. The van der Waals surface area contributed by atoms with Crippen molar-refractivity contribution in [1.82, 2.24) is 4.98 Å². The summed E-state index contributed by atoms with van der Waals surface area (Å²) < 4.78 is 0. The zero-order chi connectivity index (χ0) is 13.0. The first-order valence-corrected chi connectivity index (χ1v) is 5.70. The second kappa shape index (κ2) is 5.31. The second-order valence-electron chi connectivity index (χ2n) is 3.89. The minimum atomic E-state index is 0.849. The average Bonchev–Trinajstić information content (AvgIpc) is 2.43. The summed E-state index contributed by atoms with van der Waals surface area (Å²) in [5, 5.41) is 5.25. The van der Waals surface area contributed by atoms with Crippen molar-refractivity contribution in [3.8, 4) is 0 Å². The zero-order valence-electron chi connectivity index (χ0n) is 10.5. The Labute approximate surface area is 106 Å². The van der Waals surface area contributed by atoms with Crippen molar-refractivity contribution in [2.75, 3.05) is 19.4 Å². The largest absolute Gasteiger partial charge is 0.404 e. The number of nitrogens with one attached hydrogen (secondary N) is 1. The van der Waals surface area contributed by atoms with E-state index in [9.17, 15) is 0 Å². The number of aromatic nitrogens is 1. The summed E-state index contributed by atoms with van der Waals surface area (Å²) in [6.07, 6.45) is 5.17. The maximum atomic E-state index is 5.61. The van der Waals surface area contributed by atoms with Gasteiger partial charge in [-0.05, 0) is 23.1 Å². The minimum absolute atomic E-state index is 0.849. The van der Waals surface area contributed by atoms with E-state index in [0.29, 0.717) is 0 Å². The molecule has 0 atom stereocenters. The Bertz CT molecular complexity index is 614. The highest BCUT2D eigenvalue weighted by molar-refractivity contribution is 6.10. The third kappa shape index (κ3) is 2.32. The van der Waals surface area contributed by atoms with E-state index in [1.807, 2.05) is 31.4 Å². The van der Waals surface area contributed by atoms with Crippen LogP contribution >= 0.6 is 0 Å². The van der Waals surface area contributed by atoms with Crippen LogP contribution in [-0.4, -0.2) is 25.3 Å². The van der Waals surface area contributed by atoms with Crippen molar-refractivity contribution in [2.24, 2.45) is 10.7 Å². The first-order chi connectivity index (χ1) is 8.78. The Morgan fingerprint density at radius 1 is 1.33 bits per heavy atom. The van der Waals surface area contributed by atoms with E-state index in [0.717, 1.165) is 27.7 Å². The SMILES string of the molecule is CN=CC(=CN)c1ccc2cnc(NC)cc2c1. The molecule has 0 aliphatic carbocycles. The maximum Gasteiger partial charge on any atom is 0.126 e. The van der Waals surface area contributed by atoms with Gasteiger partial charge in [0.05, 0.1) is 0 Å². The second-order valence-corrected chi connectivity index (χ2v) is 3.89. The van der Waals surface area contributed by atoms with Crippen molar-refractivity contribution in [3.63, 3.8) is 0 Å². The number of hydrogen-bond acceptors (Lipinski definition) is 4. The monoisotopic (exact) mass is 240 g/mol. The highest BCUT2D eigenvalue weighted by atomic mass is 14.9. The fourth-order valence-corrected chi connectivity index (χ4v) is 1.81. The number of anilines is 1. The molecule has 0 saturated carbocycles. The first kappa shape index (κ1) is 12.1. The van der Waals surface area contributed by atoms with Gasteiger partial charge in [-0.2, -0.15) is 0 Å². The molecule has 0 amide bonds. The van der Waals surface area contributed by atoms with E-state index < -0.39 is 0 Å². The fourth-order valence-electron chi connectivity index (χ4n) is 1.81. The molecule has 2 aromatic rings. The van der Waals surface area contributed by atoms with Crippen LogP contribution in [-0.2, 0) is 0 Å². The molecular weight excluding hydrogens is 224 g/mol. The molecule has 0 unspecified atom stereocenters. The predicted octanol–water partition coefficient (Wildman–Crippen LogP) is 2.28. The highest BCUT2D eigenvalue weighted by Gasteiger charge is 2.01. The topological polar surface area (TPSA) is 63.3 Å². The van der Waals surface area contributed by atoms with Crippen LogP contribution in [0.5, 0.6) is 0 Å². The van der Waals surface area contributed by atoms with Gasteiger partial charge < -0.3 is 11.1 Å². The lowest BCUT2D eigenvalue weighted by atomic mass is 10.0. The molecule has 1 aromatic carbocycles. The summed E-state index contributed by atoms with van der Waals surface area (Å²) in [6, 6.07) is 8.14. The lowest BCUT2D eigenvalue weighted by Gasteiger charge is -2.05. The van der Waals surface area contributed by atoms with Crippen LogP contribution in [0, 0.1) is 0 Å². The zero-order valence-corrected chi connectivity index (χ0v) is 10.5. The predicted molar refractivity (Wildman–Crippen MR) is 77.9 cm³/mol. The van der Waals surface area contributed by atoms with E-state index in [4.69, 9.17) is 5.73 Å². The molecular formula is C14H16N4. The molecule has 4 nitrogen and oxygen atoms in total. The molecule has 2 rings (SSSR count). The van der Waals surface area contributed by atoms with Gasteiger partial charge in [0.15, 0.2) is 0 Å². The van der Waals surface area contributed by atoms with Crippen LogP contribution in [0.3, 0.4) is 0 Å². The lowest BCUT2D eigenvalue weighted by molar-refractivity contribution is 1.31. The third-order valence-electron chi connectivity index (χ3n) is 2.76. The van der Waals surface area contributed by atoms with Crippen LogP contribution in [0.4, 0.5) is 5.82 Å². The van der Waals surface area contributed by atoms with Gasteiger partial charge in [0.2, 0.25) is 0 Å². The van der Waals surface area contributed by atoms with E-state index >= 15 is 0 Å². The van der Waals surface area contributed by atoms with Crippen LogP contribution in [0.1, 0.15) is 5.56 Å². The number of benzene rings is 1. The number of pyridine rings is 1. The lowest BCUT2D eigenvalue weighted by Crippen LogP contribution is -1.93. The number of fused-ring (bicyclic) bond motifs is 1. The molecule has 0 saturated heterocycles. The van der Waals surface area contributed by atoms with Crippen LogP contribution in [0.25, 0.3) is 16.3 Å². The number of aliphatic imine (C=N–C) groups is 1. The number of nitrogens with two attached hydrogens (primary N) is 1. The molecule has 92 valence electrons. The van der Waals surface area contributed by atoms with Crippen molar-refractivity contribution in [1.29, 1.82) is 0 Å². The molecule has 4 heteroatoms. The van der Waals surface area contributed by atoms with Crippen molar-refractivity contribution in [2.45, 2.75) is 0 Å². The van der Waals surface area contributed by atoms with E-state index in [1.54, 1.807) is 19.5 Å². The number of allylic oxidation sites excluding steroid dienone is 1. The van der Waals surface area contributed by atoms with Gasteiger partial charge in [-0.3, -0.25) is 4.99 Å². The van der Waals surface area contributed by atoms with Crippen molar-refractivity contribution < 1.29 is 0 Å². The van der Waals surface area contributed by atoms with Gasteiger partial charge in [-0.25, -0.2) is 4.98 Å². The van der Waals surface area contributed by atoms with E-state index in [-0.39, 0.29) is 0 Å². The van der Waals surface area contributed by atoms with Gasteiger partial charge in [0.25, 0.3) is 0 Å². The summed E-state index contributed by atoms with van der Waals surface area (Å²) in [5.74, 6) is 0.849. The quantitative estimate of drug-likeness (QED) is 0.809. The van der Waals surface area contributed by atoms with Crippen molar-refractivity contribution in [3.05, 3.63) is 42.2 Å². The summed E-state index contributed by atoms with van der Waals surface area (Å²) >= 11 is 0. The minimum Gasteiger partial charge on any atom is -0.404 e. The smallest absolute Gasteiger partial charge is 0.126 e. The molecule has 1 heterocycles. The fraction of sp³-hybridized carbons (Fsp3) is 0.143. The Morgan fingerprint density at radius 3 is 2.83 bits per heavy atom. The van der Waals surface area contributed by atoms with Crippen LogP contribution in [0.2, 0.25) is 0 Å². The standard InChI is InChI=1S/C14H16N4/c1-16-8-13(7-15)10-3-4-11-9-18-14(17-2)6-12(11)5-10/h3-9H,15H2,1-2H3,(H,17,18). The molecule has 0 bridgehead atoms.